The molecule has 2 saturated heterocycles. The number of imide groups is 4. The zero-order valence-corrected chi connectivity index (χ0v) is 28.5. The molecule has 6 unspecified atom stereocenters. The number of allylic oxidation sites excluding steroid dienone is 2. The number of phenols is 1. The summed E-state index contributed by atoms with van der Waals surface area (Å²) in [7, 11) is 1.52. The first-order valence-corrected chi connectivity index (χ1v) is 17.1. The molecule has 0 bridgehead atoms. The van der Waals surface area contributed by atoms with Gasteiger partial charge in [0.1, 0.15) is 11.5 Å². The average Bonchev–Trinajstić information content (AvgIpc) is 3.50. The van der Waals surface area contributed by atoms with Crippen LogP contribution >= 0.6 is 23.2 Å². The van der Waals surface area contributed by atoms with Gasteiger partial charge in [-0.1, -0.05) is 77.3 Å². The fourth-order valence-electron chi connectivity index (χ4n) is 8.96. The van der Waals surface area contributed by atoms with Crippen molar-refractivity contribution in [2.75, 3.05) is 12.5 Å². The van der Waals surface area contributed by atoms with E-state index in [9.17, 15) is 24.3 Å². The van der Waals surface area contributed by atoms with Gasteiger partial charge in [0.05, 0.1) is 41.0 Å². The number of hydrazine groups is 1. The number of carbonyl (C=O) groups is 5. The molecule has 258 valence electrons. The van der Waals surface area contributed by atoms with Crippen LogP contribution in [0.4, 0.5) is 10.5 Å². The van der Waals surface area contributed by atoms with Crippen molar-refractivity contribution in [3.8, 4) is 11.5 Å². The molecule has 4 aliphatic rings. The van der Waals surface area contributed by atoms with Crippen molar-refractivity contribution < 1.29 is 33.8 Å². The number of likely N-dealkylation sites (tertiary alicyclic amines) is 1. The highest BCUT2D eigenvalue weighted by Crippen LogP contribution is 2.65. The van der Waals surface area contributed by atoms with Crippen LogP contribution in [0.25, 0.3) is 10.8 Å². The van der Waals surface area contributed by atoms with Gasteiger partial charge in [0.25, 0.3) is 11.8 Å². The number of nitrogens with zero attached hydrogens (tertiary/aromatic N) is 2. The summed E-state index contributed by atoms with van der Waals surface area (Å²) < 4.78 is 5.45. The highest BCUT2D eigenvalue weighted by Gasteiger charge is 2.71. The Bertz CT molecular complexity index is 2240. The molecule has 2 aliphatic carbocycles. The van der Waals surface area contributed by atoms with Gasteiger partial charge in [-0.15, -0.1) is 0 Å². The maximum absolute atomic E-state index is 15.4. The first kappa shape index (κ1) is 32.8. The maximum atomic E-state index is 15.4. The van der Waals surface area contributed by atoms with Crippen LogP contribution < -0.4 is 15.9 Å². The van der Waals surface area contributed by atoms with Crippen LogP contribution in [0.3, 0.4) is 0 Å². The van der Waals surface area contributed by atoms with E-state index in [2.05, 4.69) is 5.43 Å². The number of hydrogen-bond acceptors (Lipinski definition) is 8. The summed E-state index contributed by atoms with van der Waals surface area (Å²) in [6.07, 6.45) is 1.89. The zero-order valence-electron chi connectivity index (χ0n) is 27.0. The molecular formula is C38H30Cl2N4O7. The lowest BCUT2D eigenvalue weighted by atomic mass is 9.48. The highest BCUT2D eigenvalue weighted by atomic mass is 35.5. The van der Waals surface area contributed by atoms with Crippen molar-refractivity contribution in [2.45, 2.75) is 24.2 Å². The first-order chi connectivity index (χ1) is 24.5. The minimum Gasteiger partial charge on any atom is -0.508 e. The Kier molecular flexibility index (Phi) is 7.62. The summed E-state index contributed by atoms with van der Waals surface area (Å²) >= 11 is 12.7. The van der Waals surface area contributed by atoms with E-state index in [1.165, 1.54) is 13.2 Å². The number of hydrogen-bond donors (Lipinski definition) is 3. The Labute approximate surface area is 301 Å². The molecule has 2 heterocycles. The summed E-state index contributed by atoms with van der Waals surface area (Å²) in [4.78, 5) is 70.5. The molecule has 4 aromatic carbocycles. The molecule has 51 heavy (non-hydrogen) atoms. The second-order valence-corrected chi connectivity index (χ2v) is 14.1. The molecule has 4 N–H and O–H groups in total. The SMILES string of the molecule is COc1ccc(C23C(=O)N(Nc4ccc(Cl)cc4Cl)C(=O)C2CC2C(=CCC4C(=O)N(C(N)=O)C(=O)C42)C3c2c(O)ccc3ccccc23)cc1. The van der Waals surface area contributed by atoms with Gasteiger partial charge in [0, 0.05) is 16.5 Å². The number of rotatable bonds is 5. The molecule has 0 aromatic heterocycles. The number of nitrogens with two attached hydrogens (primary N) is 1. The van der Waals surface area contributed by atoms with Crippen LogP contribution in [0.1, 0.15) is 29.9 Å². The monoisotopic (exact) mass is 724 g/mol. The Morgan fingerprint density at radius 3 is 2.39 bits per heavy atom. The van der Waals surface area contributed by atoms with Gasteiger partial charge in [-0.05, 0) is 71.5 Å². The van der Waals surface area contributed by atoms with E-state index in [1.807, 2.05) is 30.3 Å². The van der Waals surface area contributed by atoms with E-state index in [4.69, 9.17) is 33.7 Å². The Hall–Kier alpha value is -5.39. The van der Waals surface area contributed by atoms with Crippen molar-refractivity contribution in [1.82, 2.24) is 9.91 Å². The van der Waals surface area contributed by atoms with E-state index in [0.717, 1.165) is 10.4 Å². The molecule has 8 rings (SSSR count). The molecule has 4 aromatic rings. The van der Waals surface area contributed by atoms with Crippen LogP contribution in [0.2, 0.25) is 10.0 Å². The van der Waals surface area contributed by atoms with E-state index >= 15 is 4.79 Å². The van der Waals surface area contributed by atoms with Crippen molar-refractivity contribution in [3.63, 3.8) is 0 Å². The molecule has 11 nitrogen and oxygen atoms in total. The summed E-state index contributed by atoms with van der Waals surface area (Å²) in [5.41, 5.74) is 8.50. The standard InChI is InChI=1S/C38H30Cl2N4O7/c1-51-21-10-7-19(8-11-21)38-26(34(47)44(36(38)49)42-28-14-9-20(39)16-27(28)40)17-25-23(12-13-24-30(25)35(48)43(33(24)46)37(41)50)32(38)31-22-5-3-2-4-18(22)6-15-29(31)45/h2-12,14-16,24-26,30,32,42,45H,13,17H2,1H3,(H2,41,50). The molecule has 13 heteroatoms. The molecule has 3 fully saturated rings. The lowest BCUT2D eigenvalue weighted by Crippen LogP contribution is -2.53. The van der Waals surface area contributed by atoms with E-state index in [1.54, 1.807) is 48.5 Å². The second kappa shape index (κ2) is 11.9. The van der Waals surface area contributed by atoms with Crippen LogP contribution in [0.5, 0.6) is 11.5 Å². The number of amides is 6. The molecule has 0 spiro atoms. The predicted octanol–water partition coefficient (Wildman–Crippen LogP) is 5.92. The topological polar surface area (TPSA) is 159 Å². The number of nitrogens with one attached hydrogen (secondary N) is 1. The largest absolute Gasteiger partial charge is 0.508 e. The van der Waals surface area contributed by atoms with Crippen molar-refractivity contribution in [1.29, 1.82) is 0 Å². The average molecular weight is 726 g/mol. The molecule has 1 saturated carbocycles. The van der Waals surface area contributed by atoms with Gasteiger partial charge in [0.2, 0.25) is 11.8 Å². The van der Waals surface area contributed by atoms with Gasteiger partial charge < -0.3 is 15.6 Å². The van der Waals surface area contributed by atoms with Crippen molar-refractivity contribution in [2.24, 2.45) is 29.4 Å². The maximum Gasteiger partial charge on any atom is 0.328 e. The van der Waals surface area contributed by atoms with Crippen molar-refractivity contribution in [3.05, 3.63) is 112 Å². The first-order valence-electron chi connectivity index (χ1n) is 16.3. The molecule has 6 atom stereocenters. The van der Waals surface area contributed by atoms with Crippen molar-refractivity contribution >= 4 is 69.3 Å². The number of fused-ring (bicyclic) bond motifs is 5. The number of benzene rings is 4. The quantitative estimate of drug-likeness (QED) is 0.169. The lowest BCUT2D eigenvalue weighted by Gasteiger charge is -2.51. The number of methoxy groups -OCH3 is 1. The summed E-state index contributed by atoms with van der Waals surface area (Å²) in [5, 5.41) is 14.7. The zero-order chi connectivity index (χ0) is 35.9. The molecule has 2 aliphatic heterocycles. The van der Waals surface area contributed by atoms with Crippen LogP contribution in [-0.4, -0.2) is 51.8 Å². The van der Waals surface area contributed by atoms with Gasteiger partial charge in [-0.3, -0.25) is 24.6 Å². The predicted molar refractivity (Wildman–Crippen MR) is 188 cm³/mol. The molecule has 6 amide bonds. The molecular weight excluding hydrogens is 695 g/mol. The minimum absolute atomic E-state index is 0.0240. The Morgan fingerprint density at radius 2 is 1.69 bits per heavy atom. The number of ether oxygens (including phenoxy) is 1. The Morgan fingerprint density at radius 1 is 0.941 bits per heavy atom. The van der Waals surface area contributed by atoms with E-state index in [-0.39, 0.29) is 29.3 Å². The highest BCUT2D eigenvalue weighted by molar-refractivity contribution is 6.36. The smallest absolute Gasteiger partial charge is 0.328 e. The number of halogens is 2. The van der Waals surface area contributed by atoms with Gasteiger partial charge in [-0.2, -0.15) is 9.91 Å². The third kappa shape index (κ3) is 4.61. The number of anilines is 1. The number of phenolic OH excluding ortho intramolecular Hbond substituents is 1. The van der Waals surface area contributed by atoms with E-state index < -0.39 is 64.7 Å². The second-order valence-electron chi connectivity index (χ2n) is 13.3. The third-order valence-electron chi connectivity index (χ3n) is 11.0. The minimum atomic E-state index is -1.68. The Balaban J connectivity index is 1.42. The number of carbonyl (C=O) groups excluding carboxylic acids is 5. The summed E-state index contributed by atoms with van der Waals surface area (Å²) in [5.74, 6) is -7.05. The normalized spacial score (nSPS) is 26.9. The third-order valence-corrected chi connectivity index (χ3v) is 11.6. The van der Waals surface area contributed by atoms with Crippen LogP contribution in [0.15, 0.2) is 90.5 Å². The number of urea groups is 1. The van der Waals surface area contributed by atoms with Crippen LogP contribution in [0, 0.1) is 23.7 Å². The fraction of sp³-hybridized carbons (Fsp3) is 0.237. The summed E-state index contributed by atoms with van der Waals surface area (Å²) in [6.45, 7) is 0. The van der Waals surface area contributed by atoms with Crippen LogP contribution in [-0.2, 0) is 24.6 Å². The van der Waals surface area contributed by atoms with Gasteiger partial charge in [0.15, 0.2) is 0 Å². The lowest BCUT2D eigenvalue weighted by molar-refractivity contribution is -0.139. The summed E-state index contributed by atoms with van der Waals surface area (Å²) in [6, 6.07) is 21.0. The fourth-order valence-corrected chi connectivity index (χ4v) is 9.41. The van der Waals surface area contributed by atoms with Gasteiger partial charge in [-0.25, -0.2) is 4.79 Å². The van der Waals surface area contributed by atoms with Gasteiger partial charge >= 0.3 is 6.03 Å². The van der Waals surface area contributed by atoms with E-state index in [0.29, 0.717) is 37.8 Å². The number of primary amides is 1. The number of aromatic hydroxyl groups is 1. The molecule has 0 radical (unpaired) electrons.